The molecule has 0 aliphatic carbocycles. The lowest BCUT2D eigenvalue weighted by atomic mass is 9.96. The van der Waals surface area contributed by atoms with Crippen LogP contribution in [0.4, 0.5) is 5.69 Å². The van der Waals surface area contributed by atoms with Crippen molar-refractivity contribution in [3.63, 3.8) is 0 Å². The first-order valence-corrected chi connectivity index (χ1v) is 12.7. The molecule has 9 nitrogen and oxygen atoms in total. The number of hydrogen-bond acceptors (Lipinski definition) is 7. The van der Waals surface area contributed by atoms with Gasteiger partial charge in [-0.25, -0.2) is 4.79 Å². The summed E-state index contributed by atoms with van der Waals surface area (Å²) in [6, 6.07) is 20.4. The Morgan fingerprint density at radius 1 is 0.975 bits per heavy atom. The van der Waals surface area contributed by atoms with Crippen LogP contribution in [0.15, 0.2) is 91.3 Å². The molecule has 0 fully saturated rings. The maximum Gasteiger partial charge on any atom is 0.336 e. The molecule has 3 N–H and O–H groups in total. The van der Waals surface area contributed by atoms with Crippen molar-refractivity contribution in [3.8, 4) is 5.75 Å². The van der Waals surface area contributed by atoms with Crippen molar-refractivity contribution in [1.29, 1.82) is 0 Å². The van der Waals surface area contributed by atoms with Crippen LogP contribution < -0.4 is 15.4 Å². The van der Waals surface area contributed by atoms with Crippen molar-refractivity contribution in [1.82, 2.24) is 9.97 Å². The van der Waals surface area contributed by atoms with Gasteiger partial charge in [0, 0.05) is 34.4 Å². The van der Waals surface area contributed by atoms with Gasteiger partial charge in [0.15, 0.2) is 11.8 Å². The molecular weight excluding hydrogens is 508 g/mol. The lowest BCUT2D eigenvalue weighted by molar-refractivity contribution is -0.145. The van der Waals surface area contributed by atoms with Crippen LogP contribution in [0.2, 0.25) is 0 Å². The number of nitrogens with two attached hydrogens (primary N) is 1. The number of pyridine rings is 1. The normalized spacial score (nSPS) is 12.6. The van der Waals surface area contributed by atoms with E-state index in [-0.39, 0.29) is 12.0 Å². The first kappa shape index (κ1) is 26.6. The smallest absolute Gasteiger partial charge is 0.336 e. The standard InChI is InChI=1S/C31H28N4O5/c1-39-23-13-11-22(12-14-23)35(30(37)21-15-19-7-3-5-9-26(19)33-18-21)28(31(38)40-2)29(36)25(32)16-20-17-34-27-10-6-4-8-24(20)27/h3-15,17-18,25,28,34H,16,32H2,1-2H3/t25-,28+/m0/s1. The van der Waals surface area contributed by atoms with E-state index in [1.807, 2.05) is 48.5 Å². The molecule has 0 saturated carbocycles. The highest BCUT2D eigenvalue weighted by atomic mass is 16.5. The molecule has 3 aromatic carbocycles. The number of para-hydroxylation sites is 2. The summed E-state index contributed by atoms with van der Waals surface area (Å²) in [6.07, 6.45) is 3.36. The summed E-state index contributed by atoms with van der Waals surface area (Å²) in [5.41, 5.74) is 9.34. The molecule has 5 rings (SSSR count). The van der Waals surface area contributed by atoms with Gasteiger partial charge in [0.05, 0.1) is 31.3 Å². The van der Waals surface area contributed by atoms with Gasteiger partial charge in [-0.2, -0.15) is 0 Å². The molecule has 2 aromatic heterocycles. The Balaban J connectivity index is 1.56. The first-order valence-electron chi connectivity index (χ1n) is 12.7. The number of anilines is 1. The zero-order valence-electron chi connectivity index (χ0n) is 22.0. The molecule has 2 atom stereocenters. The summed E-state index contributed by atoms with van der Waals surface area (Å²) in [4.78, 5) is 49.9. The van der Waals surface area contributed by atoms with E-state index < -0.39 is 29.7 Å². The third-order valence-electron chi connectivity index (χ3n) is 6.84. The number of fused-ring (bicyclic) bond motifs is 2. The van der Waals surface area contributed by atoms with Crippen LogP contribution in [-0.2, 0) is 20.7 Å². The number of aromatic nitrogens is 2. The largest absolute Gasteiger partial charge is 0.497 e. The lowest BCUT2D eigenvalue weighted by Gasteiger charge is -2.30. The molecule has 202 valence electrons. The van der Waals surface area contributed by atoms with Gasteiger partial charge < -0.3 is 20.2 Å². The first-order chi connectivity index (χ1) is 19.4. The molecular formula is C31H28N4O5. The fourth-order valence-electron chi connectivity index (χ4n) is 4.75. The van der Waals surface area contributed by atoms with E-state index >= 15 is 0 Å². The topological polar surface area (TPSA) is 128 Å². The zero-order chi connectivity index (χ0) is 28.2. The van der Waals surface area contributed by atoms with Crippen molar-refractivity contribution in [2.45, 2.75) is 18.5 Å². The van der Waals surface area contributed by atoms with E-state index in [9.17, 15) is 14.4 Å². The van der Waals surface area contributed by atoms with Gasteiger partial charge >= 0.3 is 5.97 Å². The minimum atomic E-state index is -1.64. The monoisotopic (exact) mass is 536 g/mol. The molecule has 40 heavy (non-hydrogen) atoms. The number of hydrogen-bond donors (Lipinski definition) is 2. The molecule has 0 radical (unpaired) electrons. The van der Waals surface area contributed by atoms with Gasteiger partial charge in [-0.3, -0.25) is 19.5 Å². The number of esters is 1. The molecule has 0 spiro atoms. The molecule has 9 heteroatoms. The van der Waals surface area contributed by atoms with E-state index in [1.165, 1.54) is 20.4 Å². The number of nitrogens with zero attached hydrogens (tertiary/aromatic N) is 2. The van der Waals surface area contributed by atoms with Crippen LogP contribution in [0, 0.1) is 0 Å². The number of rotatable bonds is 9. The van der Waals surface area contributed by atoms with Gasteiger partial charge in [0.25, 0.3) is 5.91 Å². The van der Waals surface area contributed by atoms with Gasteiger partial charge in [0.2, 0.25) is 0 Å². The Kier molecular flexibility index (Phi) is 7.56. The number of H-pyrrole nitrogens is 1. The summed E-state index contributed by atoms with van der Waals surface area (Å²) in [6.45, 7) is 0. The Morgan fingerprint density at radius 3 is 2.45 bits per heavy atom. The maximum atomic E-state index is 14.1. The van der Waals surface area contributed by atoms with E-state index in [2.05, 4.69) is 9.97 Å². The summed E-state index contributed by atoms with van der Waals surface area (Å²) in [5.74, 6) is -1.63. The van der Waals surface area contributed by atoms with Crippen LogP contribution in [0.1, 0.15) is 15.9 Å². The van der Waals surface area contributed by atoms with E-state index in [4.69, 9.17) is 15.2 Å². The van der Waals surface area contributed by atoms with Crippen LogP contribution in [0.3, 0.4) is 0 Å². The summed E-state index contributed by atoms with van der Waals surface area (Å²) >= 11 is 0. The summed E-state index contributed by atoms with van der Waals surface area (Å²) < 4.78 is 10.3. The third-order valence-corrected chi connectivity index (χ3v) is 6.84. The van der Waals surface area contributed by atoms with Crippen LogP contribution in [0.25, 0.3) is 21.8 Å². The summed E-state index contributed by atoms with van der Waals surface area (Å²) in [7, 11) is 2.69. The van der Waals surface area contributed by atoms with Crippen LogP contribution >= 0.6 is 0 Å². The number of Topliss-reactive ketones (excluding diaryl/α,β-unsaturated/α-hetero) is 1. The SMILES string of the molecule is COC(=O)[C@@H](C(=O)[C@@H](N)Cc1c[nH]c2ccccc12)N(C(=O)c1cnc2ccccc2c1)c1ccc(OC)cc1. The van der Waals surface area contributed by atoms with Crippen molar-refractivity contribution in [3.05, 3.63) is 102 Å². The highest BCUT2D eigenvalue weighted by molar-refractivity contribution is 6.18. The molecule has 0 aliphatic heterocycles. The average molecular weight is 537 g/mol. The minimum absolute atomic E-state index is 0.151. The highest BCUT2D eigenvalue weighted by Gasteiger charge is 2.41. The van der Waals surface area contributed by atoms with Crippen LogP contribution in [0.5, 0.6) is 5.75 Å². The van der Waals surface area contributed by atoms with Crippen molar-refractivity contribution >= 4 is 45.2 Å². The lowest BCUT2D eigenvalue weighted by Crippen LogP contribution is -2.56. The Hall–Kier alpha value is -5.02. The van der Waals surface area contributed by atoms with E-state index in [0.717, 1.165) is 26.8 Å². The molecule has 0 unspecified atom stereocenters. The van der Waals surface area contributed by atoms with E-state index in [1.54, 1.807) is 36.5 Å². The quantitative estimate of drug-likeness (QED) is 0.215. The van der Waals surface area contributed by atoms with Gasteiger partial charge in [-0.15, -0.1) is 0 Å². The zero-order valence-corrected chi connectivity index (χ0v) is 22.0. The predicted octanol–water partition coefficient (Wildman–Crippen LogP) is 4.05. The van der Waals surface area contributed by atoms with Gasteiger partial charge in [-0.05, 0) is 54.4 Å². The fourth-order valence-corrected chi connectivity index (χ4v) is 4.75. The molecule has 0 bridgehead atoms. The second kappa shape index (κ2) is 11.4. The number of ketones is 1. The second-order valence-electron chi connectivity index (χ2n) is 9.29. The number of ether oxygens (including phenoxy) is 2. The van der Waals surface area contributed by atoms with E-state index in [0.29, 0.717) is 17.0 Å². The Labute approximate surface area is 230 Å². The Bertz CT molecular complexity index is 1700. The molecule has 2 heterocycles. The number of aromatic amines is 1. The fraction of sp³-hybridized carbons (Fsp3) is 0.161. The highest BCUT2D eigenvalue weighted by Crippen LogP contribution is 2.27. The number of benzene rings is 3. The van der Waals surface area contributed by atoms with Gasteiger partial charge in [-0.1, -0.05) is 36.4 Å². The van der Waals surface area contributed by atoms with Crippen molar-refractivity contribution < 1.29 is 23.9 Å². The predicted molar refractivity (Wildman–Crippen MR) is 152 cm³/mol. The Morgan fingerprint density at radius 2 is 1.70 bits per heavy atom. The number of nitrogens with one attached hydrogen (secondary N) is 1. The molecule has 0 aliphatic rings. The minimum Gasteiger partial charge on any atom is -0.497 e. The number of carbonyl (C=O) groups is 3. The van der Waals surface area contributed by atoms with Gasteiger partial charge in [0.1, 0.15) is 5.75 Å². The average Bonchev–Trinajstić information content (AvgIpc) is 3.41. The second-order valence-corrected chi connectivity index (χ2v) is 9.29. The summed E-state index contributed by atoms with van der Waals surface area (Å²) in [5, 5.41) is 1.66. The molecule has 1 amide bonds. The third kappa shape index (κ3) is 5.14. The number of amides is 1. The molecule has 0 saturated heterocycles. The van der Waals surface area contributed by atoms with Crippen molar-refractivity contribution in [2.75, 3.05) is 19.1 Å². The van der Waals surface area contributed by atoms with Crippen molar-refractivity contribution in [2.24, 2.45) is 5.73 Å². The molecule has 5 aromatic rings. The number of carbonyl (C=O) groups excluding carboxylic acids is 3. The maximum absolute atomic E-state index is 14.1. The van der Waals surface area contributed by atoms with Crippen LogP contribution in [-0.4, -0.2) is 53.9 Å². The number of methoxy groups -OCH3 is 2.